The average Bonchev–Trinajstić information content (AvgIpc) is 2.38. The van der Waals surface area contributed by atoms with Gasteiger partial charge in [-0.25, -0.2) is 0 Å². The van der Waals surface area contributed by atoms with Crippen LogP contribution in [0.25, 0.3) is 0 Å². The first-order chi connectivity index (χ1) is 9.26. The highest BCUT2D eigenvalue weighted by molar-refractivity contribution is 5.28. The third kappa shape index (κ3) is 3.60. The van der Waals surface area contributed by atoms with Gasteiger partial charge < -0.3 is 5.32 Å². The summed E-state index contributed by atoms with van der Waals surface area (Å²) >= 11 is 0. The highest BCUT2D eigenvalue weighted by Crippen LogP contribution is 2.37. The van der Waals surface area contributed by atoms with Crippen molar-refractivity contribution in [2.24, 2.45) is 5.92 Å². The van der Waals surface area contributed by atoms with Crippen LogP contribution in [-0.2, 0) is 0 Å². The zero-order chi connectivity index (χ0) is 13.7. The molecule has 1 nitrogen and oxygen atoms in total. The molecule has 0 aliphatic heterocycles. The molecule has 1 aromatic rings. The van der Waals surface area contributed by atoms with Gasteiger partial charge >= 0.3 is 0 Å². The Morgan fingerprint density at radius 2 is 1.84 bits per heavy atom. The summed E-state index contributed by atoms with van der Waals surface area (Å²) in [5.41, 5.74) is 3.01. The van der Waals surface area contributed by atoms with E-state index in [0.29, 0.717) is 12.0 Å². The second-order valence-corrected chi connectivity index (χ2v) is 6.11. The molecule has 0 spiro atoms. The van der Waals surface area contributed by atoms with E-state index < -0.39 is 0 Å². The van der Waals surface area contributed by atoms with Crippen molar-refractivity contribution < 1.29 is 0 Å². The summed E-state index contributed by atoms with van der Waals surface area (Å²) in [6.45, 7) is 7.99. The summed E-state index contributed by atoms with van der Waals surface area (Å²) < 4.78 is 0. The quantitative estimate of drug-likeness (QED) is 0.723. The molecule has 1 saturated carbocycles. The van der Waals surface area contributed by atoms with Gasteiger partial charge in [0.25, 0.3) is 0 Å². The van der Waals surface area contributed by atoms with E-state index in [0.717, 1.165) is 12.5 Å². The first-order valence-corrected chi connectivity index (χ1v) is 8.09. The van der Waals surface area contributed by atoms with Crippen molar-refractivity contribution in [3.05, 3.63) is 35.4 Å². The van der Waals surface area contributed by atoms with Crippen LogP contribution in [0.3, 0.4) is 0 Å². The minimum absolute atomic E-state index is 0.514. The predicted molar refractivity (Wildman–Crippen MR) is 83.5 cm³/mol. The minimum Gasteiger partial charge on any atom is -0.310 e. The second-order valence-electron chi connectivity index (χ2n) is 6.11. The largest absolute Gasteiger partial charge is 0.310 e. The van der Waals surface area contributed by atoms with Crippen molar-refractivity contribution in [2.75, 3.05) is 6.54 Å². The van der Waals surface area contributed by atoms with Crippen LogP contribution >= 0.6 is 0 Å². The summed E-state index contributed by atoms with van der Waals surface area (Å²) in [6, 6.07) is 9.95. The van der Waals surface area contributed by atoms with Crippen molar-refractivity contribution in [3.8, 4) is 0 Å². The molecule has 1 aliphatic rings. The normalized spacial score (nSPS) is 18.9. The van der Waals surface area contributed by atoms with Crippen molar-refractivity contribution in [2.45, 2.75) is 64.8 Å². The molecule has 19 heavy (non-hydrogen) atoms. The van der Waals surface area contributed by atoms with Gasteiger partial charge in [0.1, 0.15) is 0 Å². The van der Waals surface area contributed by atoms with E-state index >= 15 is 0 Å². The molecule has 0 aromatic heterocycles. The fourth-order valence-corrected chi connectivity index (χ4v) is 2.90. The monoisotopic (exact) mass is 259 g/mol. The molecule has 0 heterocycles. The fourth-order valence-electron chi connectivity index (χ4n) is 2.90. The Labute approximate surface area is 118 Å². The van der Waals surface area contributed by atoms with Gasteiger partial charge in [-0.1, -0.05) is 57.9 Å². The maximum atomic E-state index is 3.71. The maximum absolute atomic E-state index is 3.71. The first-order valence-electron chi connectivity index (χ1n) is 8.09. The second kappa shape index (κ2) is 7.09. The Balaban J connectivity index is 2.06. The molecule has 1 fully saturated rings. The molecule has 0 amide bonds. The summed E-state index contributed by atoms with van der Waals surface area (Å²) in [7, 11) is 0. The average molecular weight is 259 g/mol. The fraction of sp³-hybridized carbons (Fsp3) is 0.667. The van der Waals surface area contributed by atoms with Gasteiger partial charge in [-0.3, -0.25) is 0 Å². The third-order valence-electron chi connectivity index (χ3n) is 4.70. The molecule has 1 heteroatoms. The molecule has 1 N–H and O–H groups in total. The van der Waals surface area contributed by atoms with Crippen LogP contribution in [0.4, 0.5) is 0 Å². The van der Waals surface area contributed by atoms with Gasteiger partial charge in [0, 0.05) is 6.04 Å². The topological polar surface area (TPSA) is 12.0 Å². The number of benzene rings is 1. The summed E-state index contributed by atoms with van der Waals surface area (Å²) in [5, 5.41) is 3.71. The van der Waals surface area contributed by atoms with Crippen LogP contribution in [0.5, 0.6) is 0 Å². The van der Waals surface area contributed by atoms with Crippen LogP contribution in [-0.4, -0.2) is 6.54 Å². The van der Waals surface area contributed by atoms with Gasteiger partial charge in [0.15, 0.2) is 0 Å². The van der Waals surface area contributed by atoms with Crippen LogP contribution in [0.15, 0.2) is 24.3 Å². The van der Waals surface area contributed by atoms with Crippen molar-refractivity contribution >= 4 is 0 Å². The zero-order valence-corrected chi connectivity index (χ0v) is 12.8. The molecular formula is C18H29N. The lowest BCUT2D eigenvalue weighted by molar-refractivity contribution is 0.376. The predicted octanol–water partition coefficient (Wildman–Crippen LogP) is 5.04. The van der Waals surface area contributed by atoms with Crippen LogP contribution in [0.1, 0.15) is 76.0 Å². The number of hydrogen-bond donors (Lipinski definition) is 1. The lowest BCUT2D eigenvalue weighted by atomic mass is 9.79. The molecule has 0 bridgehead atoms. The molecule has 1 aromatic carbocycles. The Bertz CT molecular complexity index is 364. The van der Waals surface area contributed by atoms with Gasteiger partial charge in [-0.15, -0.1) is 0 Å². The molecule has 2 atom stereocenters. The third-order valence-corrected chi connectivity index (χ3v) is 4.70. The van der Waals surface area contributed by atoms with Gasteiger partial charge in [0.05, 0.1) is 0 Å². The smallest absolute Gasteiger partial charge is 0.0345 e. The summed E-state index contributed by atoms with van der Waals surface area (Å²) in [5.74, 6) is 1.54. The van der Waals surface area contributed by atoms with Crippen LogP contribution < -0.4 is 5.32 Å². The number of hydrogen-bond acceptors (Lipinski definition) is 1. The molecule has 2 rings (SSSR count). The van der Waals surface area contributed by atoms with Crippen LogP contribution in [0.2, 0.25) is 0 Å². The first kappa shape index (κ1) is 14.6. The molecule has 0 saturated heterocycles. The van der Waals surface area contributed by atoms with E-state index in [-0.39, 0.29) is 0 Å². The number of rotatable bonds is 7. The van der Waals surface area contributed by atoms with E-state index in [1.807, 2.05) is 0 Å². The zero-order valence-electron chi connectivity index (χ0n) is 12.8. The molecule has 0 radical (unpaired) electrons. The van der Waals surface area contributed by atoms with Gasteiger partial charge in [-0.2, -0.15) is 0 Å². The Morgan fingerprint density at radius 3 is 2.32 bits per heavy atom. The lowest BCUT2D eigenvalue weighted by Crippen LogP contribution is -2.27. The van der Waals surface area contributed by atoms with E-state index in [1.54, 1.807) is 5.56 Å². The Kier molecular flexibility index (Phi) is 5.45. The highest BCUT2D eigenvalue weighted by Gasteiger charge is 2.21. The number of nitrogens with one attached hydrogen (secondary N) is 1. The van der Waals surface area contributed by atoms with E-state index in [4.69, 9.17) is 0 Å². The van der Waals surface area contributed by atoms with Crippen molar-refractivity contribution in [1.29, 1.82) is 0 Å². The maximum Gasteiger partial charge on any atom is 0.0345 e. The summed E-state index contributed by atoms with van der Waals surface area (Å²) in [4.78, 5) is 0. The summed E-state index contributed by atoms with van der Waals surface area (Å²) in [6.07, 6.45) is 6.63. The molecule has 1 aliphatic carbocycles. The van der Waals surface area contributed by atoms with Crippen molar-refractivity contribution in [1.82, 2.24) is 5.32 Å². The van der Waals surface area contributed by atoms with Gasteiger partial charge in [0.2, 0.25) is 0 Å². The Morgan fingerprint density at radius 1 is 1.16 bits per heavy atom. The van der Waals surface area contributed by atoms with E-state index in [2.05, 4.69) is 50.4 Å². The van der Waals surface area contributed by atoms with Crippen LogP contribution in [0, 0.1) is 5.92 Å². The minimum atomic E-state index is 0.514. The van der Waals surface area contributed by atoms with E-state index in [9.17, 15) is 0 Å². The van der Waals surface area contributed by atoms with E-state index in [1.165, 1.54) is 37.7 Å². The van der Waals surface area contributed by atoms with Crippen molar-refractivity contribution in [3.63, 3.8) is 0 Å². The van der Waals surface area contributed by atoms with Gasteiger partial charge in [-0.05, 0) is 48.8 Å². The Hall–Kier alpha value is -0.820. The lowest BCUT2D eigenvalue weighted by Gasteiger charge is -2.28. The molecule has 2 unspecified atom stereocenters. The molecule has 106 valence electrons. The SMILES string of the molecule is CCCNC(c1ccc(C2CCC2)cc1)C(C)CC. The standard InChI is InChI=1S/C18H29N/c1-4-13-19-18(14(3)5-2)17-11-9-16(10-12-17)15-7-6-8-15/h9-12,14-15,18-19H,4-8,13H2,1-3H3. The highest BCUT2D eigenvalue weighted by atomic mass is 14.9. The molecular weight excluding hydrogens is 230 g/mol.